The molecule has 0 spiro atoms. The largest absolute Gasteiger partial charge is 0.493 e. The van der Waals surface area contributed by atoms with E-state index in [1.807, 2.05) is 18.2 Å². The summed E-state index contributed by atoms with van der Waals surface area (Å²) in [5, 5.41) is 0. The predicted molar refractivity (Wildman–Crippen MR) is 109 cm³/mol. The number of nitrogens with two attached hydrogens (primary N) is 1. The van der Waals surface area contributed by atoms with E-state index in [1.54, 1.807) is 7.11 Å². The van der Waals surface area contributed by atoms with Crippen LogP contribution in [0.2, 0.25) is 0 Å². The maximum Gasteiger partial charge on any atom is 0.191 e. The smallest absolute Gasteiger partial charge is 0.191 e. The monoisotopic (exact) mass is 447 g/mol. The molecule has 0 saturated carbocycles. The molecule has 136 valence electrons. The van der Waals surface area contributed by atoms with Gasteiger partial charge in [0.1, 0.15) is 5.75 Å². The number of guanidine groups is 1. The van der Waals surface area contributed by atoms with Crippen LogP contribution in [0, 0.1) is 0 Å². The molecule has 2 N–H and O–H groups in total. The first-order valence-electron chi connectivity index (χ1n) is 8.55. The zero-order valence-corrected chi connectivity index (χ0v) is 16.9. The molecule has 1 aliphatic heterocycles. The van der Waals surface area contributed by atoms with Crippen molar-refractivity contribution in [1.82, 2.24) is 4.90 Å². The minimum atomic E-state index is 0. The van der Waals surface area contributed by atoms with E-state index < -0.39 is 0 Å². The summed E-state index contributed by atoms with van der Waals surface area (Å²) >= 11 is 0. The molecule has 1 saturated heterocycles. The minimum Gasteiger partial charge on any atom is -0.493 e. The molecule has 1 aromatic rings. The van der Waals surface area contributed by atoms with Crippen LogP contribution >= 0.6 is 24.0 Å². The maximum absolute atomic E-state index is 6.15. The molecule has 2 rings (SSSR count). The second-order valence-corrected chi connectivity index (χ2v) is 5.92. The SMILES string of the molecule is COCCCOc1cccc(CN=C(N)N2CCCCCC2)c1.I. The zero-order chi connectivity index (χ0) is 16.3. The number of rotatable bonds is 7. The first-order valence-corrected chi connectivity index (χ1v) is 8.55. The molecule has 1 aromatic carbocycles. The topological polar surface area (TPSA) is 60.1 Å². The average Bonchev–Trinajstić information content (AvgIpc) is 2.86. The van der Waals surface area contributed by atoms with E-state index >= 15 is 0 Å². The first-order chi connectivity index (χ1) is 11.3. The lowest BCUT2D eigenvalue weighted by atomic mass is 10.2. The molecular weight excluding hydrogens is 417 g/mol. The number of ether oxygens (including phenoxy) is 2. The van der Waals surface area contributed by atoms with Gasteiger partial charge in [0.25, 0.3) is 0 Å². The van der Waals surface area contributed by atoms with Crippen molar-refractivity contribution in [2.45, 2.75) is 38.6 Å². The van der Waals surface area contributed by atoms with Crippen LogP contribution in [0.25, 0.3) is 0 Å². The summed E-state index contributed by atoms with van der Waals surface area (Å²) < 4.78 is 10.7. The third-order valence-electron chi connectivity index (χ3n) is 4.01. The number of hydrogen-bond donors (Lipinski definition) is 1. The van der Waals surface area contributed by atoms with Crippen LogP contribution in [0.3, 0.4) is 0 Å². The second kappa shape index (κ2) is 12.4. The summed E-state index contributed by atoms with van der Waals surface area (Å²) in [6.07, 6.45) is 5.90. The van der Waals surface area contributed by atoms with E-state index in [-0.39, 0.29) is 24.0 Å². The molecule has 24 heavy (non-hydrogen) atoms. The number of benzene rings is 1. The Labute approximate surface area is 162 Å². The highest BCUT2D eigenvalue weighted by Crippen LogP contribution is 2.15. The predicted octanol–water partition coefficient (Wildman–Crippen LogP) is 3.41. The van der Waals surface area contributed by atoms with Crippen molar-refractivity contribution in [3.63, 3.8) is 0 Å². The van der Waals surface area contributed by atoms with Gasteiger partial charge in [-0.3, -0.25) is 0 Å². The zero-order valence-electron chi connectivity index (χ0n) is 14.6. The van der Waals surface area contributed by atoms with E-state index in [9.17, 15) is 0 Å². The van der Waals surface area contributed by atoms with Crippen molar-refractivity contribution in [2.75, 3.05) is 33.4 Å². The highest BCUT2D eigenvalue weighted by atomic mass is 127. The lowest BCUT2D eigenvalue weighted by Crippen LogP contribution is -2.38. The van der Waals surface area contributed by atoms with Crippen molar-refractivity contribution in [3.8, 4) is 5.75 Å². The van der Waals surface area contributed by atoms with Crippen LogP contribution in [-0.4, -0.2) is 44.3 Å². The molecule has 1 fully saturated rings. The van der Waals surface area contributed by atoms with Gasteiger partial charge in [-0.25, -0.2) is 4.99 Å². The van der Waals surface area contributed by atoms with E-state index in [2.05, 4.69) is 16.0 Å². The Kier molecular flexibility index (Phi) is 10.8. The van der Waals surface area contributed by atoms with Gasteiger partial charge in [-0.2, -0.15) is 0 Å². The second-order valence-electron chi connectivity index (χ2n) is 5.92. The molecule has 0 aromatic heterocycles. The summed E-state index contributed by atoms with van der Waals surface area (Å²) in [6.45, 7) is 4.03. The fourth-order valence-corrected chi connectivity index (χ4v) is 2.70. The van der Waals surface area contributed by atoms with Gasteiger partial charge in [0.05, 0.1) is 13.2 Å². The Morgan fingerprint density at radius 3 is 2.62 bits per heavy atom. The Bertz CT molecular complexity index is 489. The Morgan fingerprint density at radius 1 is 1.17 bits per heavy atom. The molecule has 1 heterocycles. The fraction of sp³-hybridized carbons (Fsp3) is 0.611. The molecule has 5 nitrogen and oxygen atoms in total. The Hall–Kier alpha value is -1.02. The van der Waals surface area contributed by atoms with Crippen molar-refractivity contribution in [3.05, 3.63) is 29.8 Å². The number of likely N-dealkylation sites (tertiary alicyclic amines) is 1. The number of nitrogens with zero attached hydrogens (tertiary/aromatic N) is 2. The van der Waals surface area contributed by atoms with Crippen LogP contribution in [0.5, 0.6) is 5.75 Å². The van der Waals surface area contributed by atoms with E-state index in [0.29, 0.717) is 19.1 Å². The lowest BCUT2D eigenvalue weighted by molar-refractivity contribution is 0.172. The van der Waals surface area contributed by atoms with E-state index in [0.717, 1.165) is 37.4 Å². The van der Waals surface area contributed by atoms with E-state index in [1.165, 1.54) is 25.7 Å². The van der Waals surface area contributed by atoms with Crippen LogP contribution in [0.4, 0.5) is 0 Å². The molecule has 0 atom stereocenters. The van der Waals surface area contributed by atoms with Crippen molar-refractivity contribution >= 4 is 29.9 Å². The summed E-state index contributed by atoms with van der Waals surface area (Å²) in [4.78, 5) is 6.76. The fourth-order valence-electron chi connectivity index (χ4n) is 2.70. The van der Waals surface area contributed by atoms with Crippen molar-refractivity contribution < 1.29 is 9.47 Å². The summed E-state index contributed by atoms with van der Waals surface area (Å²) in [5.41, 5.74) is 7.27. The number of hydrogen-bond acceptors (Lipinski definition) is 3. The molecule has 0 bridgehead atoms. The van der Waals surface area contributed by atoms with Gasteiger partial charge in [-0.1, -0.05) is 25.0 Å². The molecule has 0 amide bonds. The van der Waals surface area contributed by atoms with Crippen LogP contribution in [0.1, 0.15) is 37.7 Å². The first kappa shape index (κ1) is 21.0. The molecule has 0 radical (unpaired) electrons. The quantitative estimate of drug-likeness (QED) is 0.301. The minimum absolute atomic E-state index is 0. The molecule has 6 heteroatoms. The summed E-state index contributed by atoms with van der Waals surface area (Å²) in [5.74, 6) is 1.54. The van der Waals surface area contributed by atoms with Gasteiger partial charge >= 0.3 is 0 Å². The number of aliphatic imine (C=N–C) groups is 1. The average molecular weight is 447 g/mol. The van der Waals surface area contributed by atoms with Crippen LogP contribution in [-0.2, 0) is 11.3 Å². The van der Waals surface area contributed by atoms with Gasteiger partial charge in [0.15, 0.2) is 5.96 Å². The third-order valence-corrected chi connectivity index (χ3v) is 4.01. The highest BCUT2D eigenvalue weighted by molar-refractivity contribution is 14.0. The molecule has 0 unspecified atom stereocenters. The van der Waals surface area contributed by atoms with Crippen molar-refractivity contribution in [1.29, 1.82) is 0 Å². The third kappa shape index (κ3) is 7.70. The molecule has 0 aliphatic carbocycles. The van der Waals surface area contributed by atoms with Gasteiger partial charge in [-0.15, -0.1) is 24.0 Å². The standard InChI is InChI=1S/C18H29N3O2.HI/c1-22-12-7-13-23-17-9-6-8-16(14-17)15-20-18(19)21-10-4-2-3-5-11-21;/h6,8-9,14H,2-5,7,10-13,15H2,1H3,(H2,19,20);1H. The summed E-state index contributed by atoms with van der Waals surface area (Å²) in [7, 11) is 1.70. The Morgan fingerprint density at radius 2 is 1.92 bits per heavy atom. The highest BCUT2D eigenvalue weighted by Gasteiger charge is 2.10. The normalized spacial score (nSPS) is 15.5. The number of halogens is 1. The lowest BCUT2D eigenvalue weighted by Gasteiger charge is -2.21. The van der Waals surface area contributed by atoms with Crippen LogP contribution in [0.15, 0.2) is 29.3 Å². The molecular formula is C18H30IN3O2. The van der Waals surface area contributed by atoms with Crippen LogP contribution < -0.4 is 10.5 Å². The van der Waals surface area contributed by atoms with Gasteiger partial charge in [-0.05, 0) is 30.5 Å². The number of methoxy groups -OCH3 is 1. The van der Waals surface area contributed by atoms with Crippen molar-refractivity contribution in [2.24, 2.45) is 10.7 Å². The summed E-state index contributed by atoms with van der Waals surface area (Å²) in [6, 6.07) is 8.06. The Balaban J connectivity index is 0.00000288. The van der Waals surface area contributed by atoms with Gasteiger partial charge < -0.3 is 20.1 Å². The van der Waals surface area contributed by atoms with Gasteiger partial charge in [0, 0.05) is 33.2 Å². The van der Waals surface area contributed by atoms with Gasteiger partial charge in [0.2, 0.25) is 0 Å². The van der Waals surface area contributed by atoms with E-state index in [4.69, 9.17) is 15.2 Å². The molecule has 1 aliphatic rings. The maximum atomic E-state index is 6.15.